The first-order valence-electron chi connectivity index (χ1n) is 6.07. The summed E-state index contributed by atoms with van der Waals surface area (Å²) in [5.74, 6) is 0. The molecule has 0 saturated carbocycles. The number of aromatic nitrogens is 1. The molecular weight excluding hydrogens is 232 g/mol. The van der Waals surface area contributed by atoms with Crippen LogP contribution in [-0.2, 0) is 0 Å². The number of para-hydroxylation sites is 1. The van der Waals surface area contributed by atoms with Crippen LogP contribution in [0.25, 0.3) is 34.0 Å². The number of hydrogen-bond donors (Lipinski definition) is 1. The predicted molar refractivity (Wildman–Crippen MR) is 80.5 cm³/mol. The van der Waals surface area contributed by atoms with Crippen LogP contribution >= 0.6 is 0 Å². The zero-order valence-electron chi connectivity index (χ0n) is 10.4. The van der Waals surface area contributed by atoms with E-state index in [0.717, 1.165) is 22.2 Å². The summed E-state index contributed by atoms with van der Waals surface area (Å²) in [6.07, 6.45) is 5.13. The molecule has 0 bridgehead atoms. The number of allylic oxidation sites excluding steroid dienone is 1. The molecule has 0 fully saturated rings. The first-order chi connectivity index (χ1) is 9.35. The number of aromatic amines is 1. The summed E-state index contributed by atoms with van der Waals surface area (Å²) >= 11 is 0. The molecule has 1 aromatic heterocycles. The lowest BCUT2D eigenvalue weighted by molar-refractivity contribution is 1.52. The van der Waals surface area contributed by atoms with Gasteiger partial charge >= 0.3 is 0 Å². The van der Waals surface area contributed by atoms with E-state index in [4.69, 9.17) is 5.26 Å². The number of benzene rings is 2. The van der Waals surface area contributed by atoms with E-state index >= 15 is 0 Å². The van der Waals surface area contributed by atoms with Crippen LogP contribution in [0.15, 0.2) is 49.1 Å². The SMILES string of the molecule is C=Cc1ccc2c([nH]c3ccccc32)c1C=CC#N. The van der Waals surface area contributed by atoms with Gasteiger partial charge in [0, 0.05) is 27.9 Å². The van der Waals surface area contributed by atoms with Crippen molar-refractivity contribution < 1.29 is 0 Å². The second-order valence-electron chi connectivity index (χ2n) is 4.33. The van der Waals surface area contributed by atoms with E-state index in [9.17, 15) is 0 Å². The first kappa shape index (κ1) is 11.3. The van der Waals surface area contributed by atoms with Gasteiger partial charge in [0.05, 0.1) is 11.6 Å². The molecule has 0 amide bonds. The third-order valence-corrected chi connectivity index (χ3v) is 3.30. The molecule has 3 rings (SSSR count). The Kier molecular flexibility index (Phi) is 2.66. The van der Waals surface area contributed by atoms with Gasteiger partial charge in [-0.2, -0.15) is 5.26 Å². The van der Waals surface area contributed by atoms with E-state index in [-0.39, 0.29) is 0 Å². The monoisotopic (exact) mass is 244 g/mol. The molecule has 0 aliphatic rings. The lowest BCUT2D eigenvalue weighted by Crippen LogP contribution is -1.83. The Hall–Kier alpha value is -2.79. The Labute approximate surface area is 111 Å². The van der Waals surface area contributed by atoms with Gasteiger partial charge in [-0.05, 0) is 17.7 Å². The zero-order valence-corrected chi connectivity index (χ0v) is 10.4. The van der Waals surface area contributed by atoms with Crippen LogP contribution in [0.3, 0.4) is 0 Å². The highest BCUT2D eigenvalue weighted by molar-refractivity contribution is 6.10. The Morgan fingerprint density at radius 2 is 1.95 bits per heavy atom. The normalized spacial score (nSPS) is 11.1. The average molecular weight is 244 g/mol. The Balaban J connectivity index is 2.45. The van der Waals surface area contributed by atoms with Gasteiger partial charge < -0.3 is 4.98 Å². The topological polar surface area (TPSA) is 39.6 Å². The number of nitrogens with one attached hydrogen (secondary N) is 1. The summed E-state index contributed by atoms with van der Waals surface area (Å²) in [6, 6.07) is 14.4. The number of nitrogens with zero attached hydrogens (tertiary/aromatic N) is 1. The van der Waals surface area contributed by atoms with Crippen LogP contribution in [0.5, 0.6) is 0 Å². The predicted octanol–water partition coefficient (Wildman–Crippen LogP) is 4.50. The van der Waals surface area contributed by atoms with Crippen molar-refractivity contribution in [2.24, 2.45) is 0 Å². The van der Waals surface area contributed by atoms with Crippen molar-refractivity contribution in [3.8, 4) is 6.07 Å². The molecule has 0 aliphatic heterocycles. The third kappa shape index (κ3) is 1.73. The van der Waals surface area contributed by atoms with Crippen molar-refractivity contribution in [2.45, 2.75) is 0 Å². The van der Waals surface area contributed by atoms with Crippen molar-refractivity contribution in [2.75, 3.05) is 0 Å². The van der Waals surface area contributed by atoms with Gasteiger partial charge in [-0.15, -0.1) is 0 Å². The van der Waals surface area contributed by atoms with Gasteiger partial charge in [0.1, 0.15) is 0 Å². The highest BCUT2D eigenvalue weighted by Crippen LogP contribution is 2.30. The fourth-order valence-electron chi connectivity index (χ4n) is 2.43. The van der Waals surface area contributed by atoms with Gasteiger partial charge in [0.15, 0.2) is 0 Å². The van der Waals surface area contributed by atoms with Crippen LogP contribution in [0, 0.1) is 11.3 Å². The molecular formula is C17H12N2. The number of hydrogen-bond acceptors (Lipinski definition) is 1. The van der Waals surface area contributed by atoms with Gasteiger partial charge in [0.25, 0.3) is 0 Å². The number of nitriles is 1. The summed E-state index contributed by atoms with van der Waals surface area (Å²) in [5, 5.41) is 11.1. The van der Waals surface area contributed by atoms with E-state index in [1.807, 2.05) is 36.4 Å². The van der Waals surface area contributed by atoms with Crippen molar-refractivity contribution in [3.05, 3.63) is 60.2 Å². The molecule has 0 aliphatic carbocycles. The average Bonchev–Trinajstić information content (AvgIpc) is 2.83. The summed E-state index contributed by atoms with van der Waals surface area (Å²) < 4.78 is 0. The quantitative estimate of drug-likeness (QED) is 0.662. The lowest BCUT2D eigenvalue weighted by Gasteiger charge is -2.02. The number of fused-ring (bicyclic) bond motifs is 3. The third-order valence-electron chi connectivity index (χ3n) is 3.30. The fourth-order valence-corrected chi connectivity index (χ4v) is 2.43. The van der Waals surface area contributed by atoms with E-state index < -0.39 is 0 Å². The number of H-pyrrole nitrogens is 1. The molecule has 0 radical (unpaired) electrons. The molecule has 1 heterocycles. The second-order valence-corrected chi connectivity index (χ2v) is 4.33. The molecule has 2 heteroatoms. The van der Waals surface area contributed by atoms with Gasteiger partial charge in [-0.25, -0.2) is 0 Å². The molecule has 19 heavy (non-hydrogen) atoms. The Morgan fingerprint density at radius 1 is 1.11 bits per heavy atom. The highest BCUT2D eigenvalue weighted by Gasteiger charge is 2.08. The summed E-state index contributed by atoms with van der Waals surface area (Å²) in [6.45, 7) is 3.83. The van der Waals surface area contributed by atoms with Crippen molar-refractivity contribution in [1.29, 1.82) is 5.26 Å². The minimum atomic E-state index is 1.00. The van der Waals surface area contributed by atoms with E-state index in [1.54, 1.807) is 0 Å². The molecule has 0 saturated heterocycles. The minimum absolute atomic E-state index is 1.00. The highest BCUT2D eigenvalue weighted by atomic mass is 14.7. The largest absolute Gasteiger partial charge is 0.354 e. The fraction of sp³-hybridized carbons (Fsp3) is 0. The maximum atomic E-state index is 8.73. The van der Waals surface area contributed by atoms with E-state index in [1.165, 1.54) is 16.8 Å². The molecule has 0 atom stereocenters. The van der Waals surface area contributed by atoms with Crippen LogP contribution in [0.4, 0.5) is 0 Å². The first-order valence-corrected chi connectivity index (χ1v) is 6.07. The lowest BCUT2D eigenvalue weighted by atomic mass is 10.0. The molecule has 3 aromatic rings. The van der Waals surface area contributed by atoms with E-state index in [0.29, 0.717) is 0 Å². The van der Waals surface area contributed by atoms with Crippen molar-refractivity contribution >= 4 is 34.0 Å². The van der Waals surface area contributed by atoms with Gasteiger partial charge in [0.2, 0.25) is 0 Å². The summed E-state index contributed by atoms with van der Waals surface area (Å²) in [4.78, 5) is 3.42. The van der Waals surface area contributed by atoms with Crippen LogP contribution in [0.1, 0.15) is 11.1 Å². The molecule has 2 nitrogen and oxygen atoms in total. The molecule has 0 unspecified atom stereocenters. The molecule has 1 N–H and O–H groups in total. The van der Waals surface area contributed by atoms with Crippen LogP contribution in [-0.4, -0.2) is 4.98 Å². The molecule has 2 aromatic carbocycles. The maximum absolute atomic E-state index is 8.73. The van der Waals surface area contributed by atoms with Gasteiger partial charge in [-0.1, -0.05) is 43.0 Å². The Bertz CT molecular complexity index is 845. The van der Waals surface area contributed by atoms with Gasteiger partial charge in [-0.3, -0.25) is 0 Å². The smallest absolute Gasteiger partial charge is 0.0912 e. The standard InChI is InChI=1S/C17H12N2/c1-2-12-9-10-15-14-6-3-4-8-16(14)19-17(15)13(12)7-5-11-18/h2-10,19H,1H2. The minimum Gasteiger partial charge on any atom is -0.354 e. The molecule has 90 valence electrons. The summed E-state index contributed by atoms with van der Waals surface area (Å²) in [7, 11) is 0. The van der Waals surface area contributed by atoms with Crippen molar-refractivity contribution in [1.82, 2.24) is 4.98 Å². The van der Waals surface area contributed by atoms with Crippen LogP contribution in [0.2, 0.25) is 0 Å². The summed E-state index contributed by atoms with van der Waals surface area (Å²) in [5.41, 5.74) is 4.17. The van der Waals surface area contributed by atoms with Crippen molar-refractivity contribution in [3.63, 3.8) is 0 Å². The molecule has 0 spiro atoms. The van der Waals surface area contributed by atoms with Crippen LogP contribution < -0.4 is 0 Å². The number of rotatable bonds is 2. The zero-order chi connectivity index (χ0) is 13.2. The maximum Gasteiger partial charge on any atom is 0.0912 e. The van der Waals surface area contributed by atoms with E-state index in [2.05, 4.69) is 29.8 Å². The second kappa shape index (κ2) is 4.47. The Morgan fingerprint density at radius 3 is 2.74 bits per heavy atom.